The predicted octanol–water partition coefficient (Wildman–Crippen LogP) is 4.49. The molecule has 1 unspecified atom stereocenters. The fraction of sp³-hybridized carbons (Fsp3) is 0.222. The zero-order valence-electron chi connectivity index (χ0n) is 19.2. The van der Waals surface area contributed by atoms with E-state index in [1.54, 1.807) is 11.9 Å². The number of hydrogen-bond donors (Lipinski definition) is 1. The molecule has 1 N–H and O–H groups in total. The number of benzene rings is 3. The Balaban J connectivity index is 1.58. The number of hydrogen-bond acceptors (Lipinski definition) is 3. The molecule has 0 aliphatic rings. The maximum absolute atomic E-state index is 13.1. The molecule has 4 aromatic rings. The van der Waals surface area contributed by atoms with E-state index in [0.29, 0.717) is 17.9 Å². The predicted molar refractivity (Wildman–Crippen MR) is 130 cm³/mol. The number of aromatic nitrogens is 2. The number of amides is 2. The molecular weight excluding hydrogens is 412 g/mol. The molecule has 1 atom stereocenters. The molecule has 0 spiro atoms. The highest BCUT2D eigenvalue weighted by Crippen LogP contribution is 2.22. The summed E-state index contributed by atoms with van der Waals surface area (Å²) in [6, 6.07) is 24.7. The maximum Gasteiger partial charge on any atom is 0.252 e. The summed E-state index contributed by atoms with van der Waals surface area (Å²) in [6.45, 7) is 4.48. The minimum Gasteiger partial charge on any atom is -0.342 e. The van der Waals surface area contributed by atoms with Crippen LogP contribution in [-0.2, 0) is 17.9 Å². The first-order valence-electron chi connectivity index (χ1n) is 11.0. The van der Waals surface area contributed by atoms with Crippen molar-refractivity contribution < 1.29 is 9.59 Å². The average molecular weight is 441 g/mol. The molecule has 4 rings (SSSR count). The zero-order chi connectivity index (χ0) is 23.4. The topological polar surface area (TPSA) is 67.2 Å². The number of imidazole rings is 1. The van der Waals surface area contributed by atoms with Gasteiger partial charge in [0.2, 0.25) is 5.91 Å². The smallest absolute Gasteiger partial charge is 0.252 e. The van der Waals surface area contributed by atoms with Crippen molar-refractivity contribution in [3.05, 3.63) is 101 Å². The SMILES string of the molecule is Cc1ccccc1C(=O)NC(C)c1nc2ccccc2n1CC(=O)N(C)Cc1ccccc1. The maximum atomic E-state index is 13.1. The first-order chi connectivity index (χ1) is 15.9. The van der Waals surface area contributed by atoms with Crippen LogP contribution in [0.1, 0.15) is 40.3 Å². The van der Waals surface area contributed by atoms with Crippen LogP contribution >= 0.6 is 0 Å². The lowest BCUT2D eigenvalue weighted by atomic mass is 10.1. The molecule has 0 aliphatic carbocycles. The van der Waals surface area contributed by atoms with Gasteiger partial charge in [0, 0.05) is 19.2 Å². The summed E-state index contributed by atoms with van der Waals surface area (Å²) in [5, 5.41) is 3.05. The van der Waals surface area contributed by atoms with E-state index < -0.39 is 0 Å². The Labute approximate surface area is 193 Å². The molecule has 0 radical (unpaired) electrons. The molecule has 0 saturated carbocycles. The van der Waals surface area contributed by atoms with Gasteiger partial charge >= 0.3 is 0 Å². The van der Waals surface area contributed by atoms with Gasteiger partial charge in [-0.15, -0.1) is 0 Å². The van der Waals surface area contributed by atoms with Gasteiger partial charge in [-0.05, 0) is 43.2 Å². The highest BCUT2D eigenvalue weighted by Gasteiger charge is 2.22. The van der Waals surface area contributed by atoms with Crippen molar-refractivity contribution >= 4 is 22.8 Å². The van der Waals surface area contributed by atoms with Crippen molar-refractivity contribution in [2.75, 3.05) is 7.05 Å². The van der Waals surface area contributed by atoms with Gasteiger partial charge in [-0.3, -0.25) is 9.59 Å². The number of fused-ring (bicyclic) bond motifs is 1. The molecule has 168 valence electrons. The fourth-order valence-electron chi connectivity index (χ4n) is 3.96. The normalized spacial score (nSPS) is 11.8. The van der Waals surface area contributed by atoms with Crippen LogP contribution in [0, 0.1) is 6.92 Å². The number of carbonyl (C=O) groups excluding carboxylic acids is 2. The summed E-state index contributed by atoms with van der Waals surface area (Å²) in [5.74, 6) is 0.465. The molecular formula is C27H28N4O2. The van der Waals surface area contributed by atoms with Crippen LogP contribution in [0.5, 0.6) is 0 Å². The van der Waals surface area contributed by atoms with E-state index in [1.165, 1.54) is 0 Å². The second kappa shape index (κ2) is 9.69. The van der Waals surface area contributed by atoms with Crippen molar-refractivity contribution in [3.8, 4) is 0 Å². The largest absolute Gasteiger partial charge is 0.342 e. The Morgan fingerprint density at radius 3 is 2.39 bits per heavy atom. The van der Waals surface area contributed by atoms with E-state index in [2.05, 4.69) is 5.32 Å². The molecule has 3 aromatic carbocycles. The Morgan fingerprint density at radius 1 is 0.970 bits per heavy atom. The fourth-order valence-corrected chi connectivity index (χ4v) is 3.96. The van der Waals surface area contributed by atoms with Crippen LogP contribution in [0.4, 0.5) is 0 Å². The van der Waals surface area contributed by atoms with E-state index in [-0.39, 0.29) is 24.4 Å². The zero-order valence-corrected chi connectivity index (χ0v) is 19.2. The molecule has 0 saturated heterocycles. The molecule has 1 heterocycles. The number of para-hydroxylation sites is 2. The third kappa shape index (κ3) is 4.95. The lowest BCUT2D eigenvalue weighted by Crippen LogP contribution is -2.33. The Bertz CT molecular complexity index is 1280. The van der Waals surface area contributed by atoms with Gasteiger partial charge in [-0.2, -0.15) is 0 Å². The average Bonchev–Trinajstić information content (AvgIpc) is 3.18. The summed E-state index contributed by atoms with van der Waals surface area (Å²) >= 11 is 0. The number of carbonyl (C=O) groups is 2. The molecule has 0 aliphatic heterocycles. The van der Waals surface area contributed by atoms with Gasteiger partial charge in [-0.25, -0.2) is 4.98 Å². The summed E-state index contributed by atoms with van der Waals surface area (Å²) in [4.78, 5) is 32.5. The van der Waals surface area contributed by atoms with Crippen LogP contribution in [-0.4, -0.2) is 33.3 Å². The lowest BCUT2D eigenvalue weighted by Gasteiger charge is -2.20. The molecule has 6 heteroatoms. The van der Waals surface area contributed by atoms with Gasteiger partial charge in [0.25, 0.3) is 5.91 Å². The summed E-state index contributed by atoms with van der Waals surface area (Å²) in [5.41, 5.74) is 4.27. The third-order valence-corrected chi connectivity index (χ3v) is 5.79. The Kier molecular flexibility index (Phi) is 6.54. The van der Waals surface area contributed by atoms with E-state index in [9.17, 15) is 9.59 Å². The standard InChI is InChI=1S/C27H28N4O2/c1-19-11-7-8-14-22(19)27(33)28-20(2)26-29-23-15-9-10-16-24(23)31(26)18-25(32)30(3)17-21-12-5-4-6-13-21/h4-16,20H,17-18H2,1-3H3,(H,28,33). The van der Waals surface area contributed by atoms with Crippen molar-refractivity contribution in [1.29, 1.82) is 0 Å². The van der Waals surface area contributed by atoms with Gasteiger partial charge < -0.3 is 14.8 Å². The minimum absolute atomic E-state index is 0.0271. The van der Waals surface area contributed by atoms with Crippen LogP contribution in [0.3, 0.4) is 0 Å². The van der Waals surface area contributed by atoms with Crippen molar-refractivity contribution in [3.63, 3.8) is 0 Å². The molecule has 0 fully saturated rings. The van der Waals surface area contributed by atoms with Crippen LogP contribution in [0.25, 0.3) is 11.0 Å². The van der Waals surface area contributed by atoms with Crippen LogP contribution < -0.4 is 5.32 Å². The van der Waals surface area contributed by atoms with Crippen molar-refractivity contribution in [1.82, 2.24) is 19.8 Å². The van der Waals surface area contributed by atoms with Crippen molar-refractivity contribution in [2.24, 2.45) is 0 Å². The molecule has 33 heavy (non-hydrogen) atoms. The van der Waals surface area contributed by atoms with Gasteiger partial charge in [-0.1, -0.05) is 60.7 Å². The second-order valence-corrected chi connectivity index (χ2v) is 8.29. The Morgan fingerprint density at radius 2 is 1.64 bits per heavy atom. The molecule has 2 amide bonds. The highest BCUT2D eigenvalue weighted by atomic mass is 16.2. The number of likely N-dealkylation sites (N-methyl/N-ethyl adjacent to an activating group) is 1. The number of rotatable bonds is 7. The summed E-state index contributed by atoms with van der Waals surface area (Å²) in [6.07, 6.45) is 0. The van der Waals surface area contributed by atoms with Crippen LogP contribution in [0.15, 0.2) is 78.9 Å². The molecule has 1 aromatic heterocycles. The number of nitrogens with zero attached hydrogens (tertiary/aromatic N) is 3. The van der Waals surface area contributed by atoms with E-state index in [1.807, 2.05) is 97.3 Å². The van der Waals surface area contributed by atoms with E-state index >= 15 is 0 Å². The van der Waals surface area contributed by atoms with Gasteiger partial charge in [0.05, 0.1) is 17.1 Å². The van der Waals surface area contributed by atoms with E-state index in [4.69, 9.17) is 4.98 Å². The number of aryl methyl sites for hydroxylation is 1. The van der Waals surface area contributed by atoms with Crippen LogP contribution in [0.2, 0.25) is 0 Å². The summed E-state index contributed by atoms with van der Waals surface area (Å²) in [7, 11) is 1.80. The molecule has 0 bridgehead atoms. The second-order valence-electron chi connectivity index (χ2n) is 8.29. The van der Waals surface area contributed by atoms with Gasteiger partial charge in [0.15, 0.2) is 0 Å². The highest BCUT2D eigenvalue weighted by molar-refractivity contribution is 5.95. The molecule has 6 nitrogen and oxygen atoms in total. The summed E-state index contributed by atoms with van der Waals surface area (Å²) < 4.78 is 1.90. The monoisotopic (exact) mass is 440 g/mol. The first-order valence-corrected chi connectivity index (χ1v) is 11.0. The van der Waals surface area contributed by atoms with Crippen molar-refractivity contribution in [2.45, 2.75) is 33.0 Å². The van der Waals surface area contributed by atoms with Gasteiger partial charge in [0.1, 0.15) is 12.4 Å². The minimum atomic E-state index is -0.378. The first kappa shape index (κ1) is 22.3. The number of nitrogens with one attached hydrogen (secondary N) is 1. The third-order valence-electron chi connectivity index (χ3n) is 5.79. The van der Waals surface area contributed by atoms with E-state index in [0.717, 1.165) is 22.2 Å². The Hall–Kier alpha value is -3.93. The quantitative estimate of drug-likeness (QED) is 0.460. The lowest BCUT2D eigenvalue weighted by molar-refractivity contribution is -0.131.